The normalized spacial score (nSPS) is 11.0. The summed E-state index contributed by atoms with van der Waals surface area (Å²) in [6.45, 7) is 3.70. The number of nitrogens with zero attached hydrogens (tertiary/aromatic N) is 3. The van der Waals surface area contributed by atoms with E-state index in [1.807, 2.05) is 24.3 Å². The predicted octanol–water partition coefficient (Wildman–Crippen LogP) is 2.18. The Hall–Kier alpha value is -3.13. The van der Waals surface area contributed by atoms with Gasteiger partial charge in [0.15, 0.2) is 11.6 Å². The molecular formula is C19H22N4O4. The number of rotatable bonds is 7. The number of aromatic carboxylic acids is 1. The Morgan fingerprint density at radius 2 is 2.04 bits per heavy atom. The van der Waals surface area contributed by atoms with Crippen molar-refractivity contribution in [2.24, 2.45) is 0 Å². The number of aromatic amines is 1. The zero-order chi connectivity index (χ0) is 19.6. The molecule has 0 aliphatic heterocycles. The molecule has 8 nitrogen and oxygen atoms in total. The standard InChI is InChI=1S/C19H22N4O4/c1-11-16(12(2)20-17(11)19(25)26)18-21-15(22-23(18)8-9-24)10-13-6-4-5-7-14(13)27-3/h4-7,20,24H,8-10H2,1-3H3,(H,25,26). The van der Waals surface area contributed by atoms with Crippen molar-refractivity contribution in [3.05, 3.63) is 52.6 Å². The Kier molecular flexibility index (Phi) is 5.27. The molecule has 0 atom stereocenters. The maximum Gasteiger partial charge on any atom is 0.352 e. The molecule has 27 heavy (non-hydrogen) atoms. The molecule has 0 unspecified atom stereocenters. The lowest BCUT2D eigenvalue weighted by Gasteiger charge is -2.05. The first-order valence-electron chi connectivity index (χ1n) is 8.55. The summed E-state index contributed by atoms with van der Waals surface area (Å²) in [5.41, 5.74) is 3.06. The molecular weight excluding hydrogens is 348 g/mol. The Balaban J connectivity index is 2.06. The zero-order valence-electron chi connectivity index (χ0n) is 15.5. The van der Waals surface area contributed by atoms with Gasteiger partial charge in [-0.3, -0.25) is 0 Å². The number of hydrogen-bond acceptors (Lipinski definition) is 5. The lowest BCUT2D eigenvalue weighted by Crippen LogP contribution is -2.07. The van der Waals surface area contributed by atoms with E-state index in [1.165, 1.54) is 0 Å². The third-order valence-electron chi connectivity index (χ3n) is 4.44. The maximum atomic E-state index is 11.4. The Morgan fingerprint density at radius 1 is 1.30 bits per heavy atom. The lowest BCUT2D eigenvalue weighted by atomic mass is 10.1. The van der Waals surface area contributed by atoms with E-state index in [9.17, 15) is 15.0 Å². The average molecular weight is 370 g/mol. The molecule has 2 aromatic heterocycles. The maximum absolute atomic E-state index is 11.4. The fourth-order valence-corrected chi connectivity index (χ4v) is 3.22. The average Bonchev–Trinajstić information content (AvgIpc) is 3.15. The summed E-state index contributed by atoms with van der Waals surface area (Å²) in [5.74, 6) is 0.830. The van der Waals surface area contributed by atoms with Crippen molar-refractivity contribution in [3.63, 3.8) is 0 Å². The number of methoxy groups -OCH3 is 1. The van der Waals surface area contributed by atoms with E-state index in [2.05, 4.69) is 15.1 Å². The molecule has 2 heterocycles. The van der Waals surface area contributed by atoms with Gasteiger partial charge in [0.25, 0.3) is 0 Å². The van der Waals surface area contributed by atoms with Gasteiger partial charge in [-0.05, 0) is 25.5 Å². The topological polar surface area (TPSA) is 113 Å². The summed E-state index contributed by atoms with van der Waals surface area (Å²) in [5, 5.41) is 23.3. The van der Waals surface area contributed by atoms with Crippen LogP contribution in [0.15, 0.2) is 24.3 Å². The smallest absolute Gasteiger partial charge is 0.352 e. The molecule has 3 rings (SSSR count). The van der Waals surface area contributed by atoms with Crippen LogP contribution in [0.2, 0.25) is 0 Å². The number of aromatic nitrogens is 4. The van der Waals surface area contributed by atoms with E-state index in [4.69, 9.17) is 4.74 Å². The van der Waals surface area contributed by atoms with Crippen LogP contribution in [0.25, 0.3) is 11.4 Å². The van der Waals surface area contributed by atoms with Gasteiger partial charge in [0.2, 0.25) is 0 Å². The first-order valence-corrected chi connectivity index (χ1v) is 8.55. The monoisotopic (exact) mass is 370 g/mol. The fraction of sp³-hybridized carbons (Fsp3) is 0.316. The molecule has 0 saturated heterocycles. The molecule has 0 aliphatic rings. The first-order chi connectivity index (χ1) is 13.0. The molecule has 0 radical (unpaired) electrons. The SMILES string of the molecule is COc1ccccc1Cc1nc(-c2c(C)[nH]c(C(=O)O)c2C)n(CCO)n1. The quantitative estimate of drug-likeness (QED) is 0.587. The summed E-state index contributed by atoms with van der Waals surface area (Å²) in [6, 6.07) is 7.63. The minimum Gasteiger partial charge on any atom is -0.496 e. The summed E-state index contributed by atoms with van der Waals surface area (Å²) in [4.78, 5) is 18.9. The van der Waals surface area contributed by atoms with E-state index in [-0.39, 0.29) is 18.8 Å². The van der Waals surface area contributed by atoms with Crippen LogP contribution in [-0.4, -0.2) is 49.6 Å². The molecule has 0 spiro atoms. The molecule has 0 fully saturated rings. The zero-order valence-corrected chi connectivity index (χ0v) is 15.5. The van der Waals surface area contributed by atoms with E-state index >= 15 is 0 Å². The molecule has 142 valence electrons. The van der Waals surface area contributed by atoms with Crippen molar-refractivity contribution in [3.8, 4) is 17.1 Å². The summed E-state index contributed by atoms with van der Waals surface area (Å²) < 4.78 is 6.99. The number of aliphatic hydroxyl groups is 1. The molecule has 0 bridgehead atoms. The third-order valence-corrected chi connectivity index (χ3v) is 4.44. The number of H-pyrrole nitrogens is 1. The highest BCUT2D eigenvalue weighted by Gasteiger charge is 2.23. The Morgan fingerprint density at radius 3 is 2.67 bits per heavy atom. The fourth-order valence-electron chi connectivity index (χ4n) is 3.22. The number of aryl methyl sites for hydroxylation is 1. The number of carbonyl (C=O) groups is 1. The van der Waals surface area contributed by atoms with Crippen LogP contribution in [0.3, 0.4) is 0 Å². The van der Waals surface area contributed by atoms with Gasteiger partial charge in [0, 0.05) is 23.2 Å². The number of ether oxygens (including phenoxy) is 1. The van der Waals surface area contributed by atoms with Gasteiger partial charge in [0.05, 0.1) is 20.3 Å². The number of carboxylic acid groups (broad SMARTS) is 1. The van der Waals surface area contributed by atoms with Crippen LogP contribution in [0.5, 0.6) is 5.75 Å². The van der Waals surface area contributed by atoms with Crippen molar-refractivity contribution in [2.75, 3.05) is 13.7 Å². The molecule has 0 amide bonds. The third kappa shape index (κ3) is 3.56. The van der Waals surface area contributed by atoms with Crippen LogP contribution in [0.1, 0.15) is 33.1 Å². The van der Waals surface area contributed by atoms with Crippen LogP contribution in [-0.2, 0) is 13.0 Å². The number of para-hydroxylation sites is 1. The summed E-state index contributed by atoms with van der Waals surface area (Å²) in [7, 11) is 1.61. The Labute approximate surface area is 156 Å². The Bertz CT molecular complexity index is 974. The summed E-state index contributed by atoms with van der Waals surface area (Å²) >= 11 is 0. The second-order valence-corrected chi connectivity index (χ2v) is 6.22. The van der Waals surface area contributed by atoms with Gasteiger partial charge in [-0.1, -0.05) is 18.2 Å². The highest BCUT2D eigenvalue weighted by Crippen LogP contribution is 2.29. The van der Waals surface area contributed by atoms with Crippen LogP contribution in [0.4, 0.5) is 0 Å². The summed E-state index contributed by atoms with van der Waals surface area (Å²) in [6.07, 6.45) is 0.462. The molecule has 0 aliphatic carbocycles. The van der Waals surface area contributed by atoms with E-state index in [0.717, 1.165) is 11.3 Å². The van der Waals surface area contributed by atoms with Crippen molar-refractivity contribution in [1.82, 2.24) is 19.7 Å². The van der Waals surface area contributed by atoms with Crippen LogP contribution < -0.4 is 4.74 Å². The van der Waals surface area contributed by atoms with E-state index < -0.39 is 5.97 Å². The largest absolute Gasteiger partial charge is 0.496 e. The van der Waals surface area contributed by atoms with Gasteiger partial charge in [-0.25, -0.2) is 14.5 Å². The van der Waals surface area contributed by atoms with Gasteiger partial charge in [-0.2, -0.15) is 5.10 Å². The highest BCUT2D eigenvalue weighted by molar-refractivity contribution is 5.90. The second-order valence-electron chi connectivity index (χ2n) is 6.22. The van der Waals surface area contributed by atoms with Crippen molar-refractivity contribution >= 4 is 5.97 Å². The van der Waals surface area contributed by atoms with E-state index in [1.54, 1.807) is 25.6 Å². The highest BCUT2D eigenvalue weighted by atomic mass is 16.5. The van der Waals surface area contributed by atoms with Crippen LogP contribution in [0, 0.1) is 13.8 Å². The van der Waals surface area contributed by atoms with Crippen LogP contribution >= 0.6 is 0 Å². The molecule has 3 aromatic rings. The first kappa shape index (κ1) is 18.7. The van der Waals surface area contributed by atoms with Gasteiger partial charge in [0.1, 0.15) is 11.4 Å². The molecule has 1 aromatic carbocycles. The second kappa shape index (κ2) is 7.63. The molecule has 0 saturated carbocycles. The van der Waals surface area contributed by atoms with Crippen molar-refractivity contribution < 1.29 is 19.7 Å². The number of aliphatic hydroxyl groups excluding tert-OH is 1. The predicted molar refractivity (Wildman–Crippen MR) is 99.1 cm³/mol. The number of benzene rings is 1. The van der Waals surface area contributed by atoms with Gasteiger partial charge < -0.3 is 19.9 Å². The minimum absolute atomic E-state index is 0.0984. The number of hydrogen-bond donors (Lipinski definition) is 3. The molecule has 3 N–H and O–H groups in total. The number of carboxylic acids is 1. The lowest BCUT2D eigenvalue weighted by molar-refractivity contribution is 0.0690. The van der Waals surface area contributed by atoms with E-state index in [0.29, 0.717) is 34.9 Å². The number of nitrogens with one attached hydrogen (secondary N) is 1. The van der Waals surface area contributed by atoms with Gasteiger partial charge in [-0.15, -0.1) is 0 Å². The molecule has 8 heteroatoms. The minimum atomic E-state index is -1.02. The van der Waals surface area contributed by atoms with Gasteiger partial charge >= 0.3 is 5.97 Å². The van der Waals surface area contributed by atoms with Crippen molar-refractivity contribution in [1.29, 1.82) is 0 Å². The van der Waals surface area contributed by atoms with Crippen molar-refractivity contribution in [2.45, 2.75) is 26.8 Å².